The molecular formula is C24H24F3N3O3. The van der Waals surface area contributed by atoms with Gasteiger partial charge >= 0.3 is 12.1 Å². The van der Waals surface area contributed by atoms with Gasteiger partial charge in [0.25, 0.3) is 0 Å². The number of rotatable bonds is 3. The highest BCUT2D eigenvalue weighted by molar-refractivity contribution is 5.89. The quantitative estimate of drug-likeness (QED) is 0.466. The maximum atomic E-state index is 13.9. The van der Waals surface area contributed by atoms with Gasteiger partial charge < -0.3 is 9.84 Å². The van der Waals surface area contributed by atoms with E-state index < -0.39 is 36.5 Å². The first kappa shape index (κ1) is 23.0. The number of pyridine rings is 1. The fourth-order valence-electron chi connectivity index (χ4n) is 4.60. The standard InChI is InChI=1S/C24H24F3N3O3/c1-14-12-15(22(31)33-3)7-8-16(14)17-9-10-23(32,24(25,26)27)13-19-20(17)21(29-30(19)2)18-6-4-5-11-28-18/h4-8,11-12,17,32H,9-10,13H2,1-3H3/t17-,23+/m1/s1. The number of nitrogens with zero attached hydrogens (tertiary/aromatic N) is 3. The molecule has 1 aromatic carbocycles. The van der Waals surface area contributed by atoms with Crippen LogP contribution >= 0.6 is 0 Å². The van der Waals surface area contributed by atoms with Crippen LogP contribution in [0.25, 0.3) is 11.4 Å². The average molecular weight is 459 g/mol. The lowest BCUT2D eigenvalue weighted by molar-refractivity contribution is -0.262. The van der Waals surface area contributed by atoms with Crippen LogP contribution in [0.15, 0.2) is 42.6 Å². The van der Waals surface area contributed by atoms with Crippen molar-refractivity contribution in [3.05, 3.63) is 70.5 Å². The number of ether oxygens (including phenoxy) is 1. The molecule has 0 unspecified atom stereocenters. The van der Waals surface area contributed by atoms with Gasteiger partial charge in [0.05, 0.1) is 18.4 Å². The highest BCUT2D eigenvalue weighted by Gasteiger charge is 2.55. The Balaban J connectivity index is 1.93. The van der Waals surface area contributed by atoms with Crippen LogP contribution < -0.4 is 0 Å². The summed E-state index contributed by atoms with van der Waals surface area (Å²) in [4.78, 5) is 16.3. The second-order valence-electron chi connectivity index (χ2n) is 8.41. The lowest BCUT2D eigenvalue weighted by Crippen LogP contribution is -2.47. The molecule has 9 heteroatoms. The van der Waals surface area contributed by atoms with Gasteiger partial charge in [-0.15, -0.1) is 0 Å². The van der Waals surface area contributed by atoms with Crippen molar-refractivity contribution in [1.82, 2.24) is 14.8 Å². The van der Waals surface area contributed by atoms with Gasteiger partial charge in [0.15, 0.2) is 5.60 Å². The van der Waals surface area contributed by atoms with Crippen LogP contribution in [0.5, 0.6) is 0 Å². The van der Waals surface area contributed by atoms with Crippen molar-refractivity contribution >= 4 is 5.97 Å². The Kier molecular flexibility index (Phi) is 5.78. The minimum absolute atomic E-state index is 0.0486. The highest BCUT2D eigenvalue weighted by Crippen LogP contribution is 2.47. The molecule has 0 saturated carbocycles. The fourth-order valence-corrected chi connectivity index (χ4v) is 4.60. The number of aliphatic hydroxyl groups is 1. The van der Waals surface area contributed by atoms with Crippen molar-refractivity contribution in [3.8, 4) is 11.4 Å². The molecule has 6 nitrogen and oxygen atoms in total. The summed E-state index contributed by atoms with van der Waals surface area (Å²) >= 11 is 0. The summed E-state index contributed by atoms with van der Waals surface area (Å²) in [5.41, 5.74) is 0.949. The van der Waals surface area contributed by atoms with Crippen LogP contribution in [-0.2, 0) is 18.2 Å². The maximum Gasteiger partial charge on any atom is 0.417 e. The summed E-state index contributed by atoms with van der Waals surface area (Å²) in [6, 6.07) is 10.3. The van der Waals surface area contributed by atoms with E-state index in [1.165, 1.54) is 11.8 Å². The number of hydrogen-bond donors (Lipinski definition) is 1. The fraction of sp³-hybridized carbons (Fsp3) is 0.375. The zero-order valence-corrected chi connectivity index (χ0v) is 18.5. The molecule has 1 N–H and O–H groups in total. The number of carbonyl (C=O) groups is 1. The van der Waals surface area contributed by atoms with Crippen molar-refractivity contribution in [2.45, 2.75) is 43.9 Å². The van der Waals surface area contributed by atoms with Crippen molar-refractivity contribution in [3.63, 3.8) is 0 Å². The summed E-state index contributed by atoms with van der Waals surface area (Å²) in [7, 11) is 2.87. The topological polar surface area (TPSA) is 77.2 Å². The molecule has 2 heterocycles. The van der Waals surface area contributed by atoms with E-state index in [0.717, 1.165) is 11.1 Å². The molecule has 174 valence electrons. The van der Waals surface area contributed by atoms with Crippen LogP contribution in [0.1, 0.15) is 51.5 Å². The molecule has 3 aromatic rings. The molecule has 2 atom stereocenters. The number of aromatic nitrogens is 3. The van der Waals surface area contributed by atoms with Gasteiger partial charge in [0.1, 0.15) is 5.69 Å². The summed E-state index contributed by atoms with van der Waals surface area (Å²) < 4.78 is 47.9. The first-order chi connectivity index (χ1) is 15.6. The number of methoxy groups -OCH3 is 1. The van der Waals surface area contributed by atoms with Crippen molar-refractivity contribution < 1.29 is 27.8 Å². The summed E-state index contributed by atoms with van der Waals surface area (Å²) in [5.74, 6) is -0.970. The van der Waals surface area contributed by atoms with Gasteiger partial charge in [-0.05, 0) is 55.2 Å². The number of fused-ring (bicyclic) bond motifs is 1. The van der Waals surface area contributed by atoms with Crippen LogP contribution in [0.3, 0.4) is 0 Å². The SMILES string of the molecule is COC(=O)c1ccc([C@H]2CC[C@@](O)(C(F)(F)F)Cc3c2c(-c2ccccn2)nn3C)c(C)c1. The molecule has 1 aliphatic carbocycles. The lowest BCUT2D eigenvalue weighted by Gasteiger charge is -2.29. The van der Waals surface area contributed by atoms with Gasteiger partial charge in [-0.2, -0.15) is 18.3 Å². The number of esters is 1. The van der Waals surface area contributed by atoms with Gasteiger partial charge in [-0.3, -0.25) is 9.67 Å². The van der Waals surface area contributed by atoms with Gasteiger partial charge in [-0.25, -0.2) is 4.79 Å². The van der Waals surface area contributed by atoms with Crippen LogP contribution in [-0.4, -0.2) is 44.7 Å². The number of aryl methyl sites for hydroxylation is 2. The van der Waals surface area contributed by atoms with E-state index in [2.05, 4.69) is 10.1 Å². The molecule has 0 saturated heterocycles. The number of halogens is 3. The Hall–Kier alpha value is -3.20. The molecule has 2 aromatic heterocycles. The van der Waals surface area contributed by atoms with Crippen LogP contribution in [0, 0.1) is 6.92 Å². The molecular weight excluding hydrogens is 435 g/mol. The van der Waals surface area contributed by atoms with Crippen molar-refractivity contribution in [2.24, 2.45) is 7.05 Å². The second-order valence-corrected chi connectivity index (χ2v) is 8.41. The Labute approximate surface area is 189 Å². The first-order valence-corrected chi connectivity index (χ1v) is 10.5. The van der Waals surface area contributed by atoms with E-state index in [1.807, 2.05) is 0 Å². The molecule has 0 bridgehead atoms. The zero-order chi connectivity index (χ0) is 24.0. The molecule has 1 aliphatic rings. The Bertz CT molecular complexity index is 1190. The Morgan fingerprint density at radius 3 is 2.64 bits per heavy atom. The highest BCUT2D eigenvalue weighted by atomic mass is 19.4. The molecule has 0 spiro atoms. The lowest BCUT2D eigenvalue weighted by atomic mass is 9.83. The predicted molar refractivity (Wildman–Crippen MR) is 115 cm³/mol. The predicted octanol–water partition coefficient (Wildman–Crippen LogP) is 4.34. The molecule has 0 amide bonds. The number of hydrogen-bond acceptors (Lipinski definition) is 5. The van der Waals surface area contributed by atoms with Crippen LogP contribution in [0.2, 0.25) is 0 Å². The molecule has 4 rings (SSSR count). The maximum absolute atomic E-state index is 13.9. The number of alkyl halides is 3. The van der Waals surface area contributed by atoms with Crippen LogP contribution in [0.4, 0.5) is 13.2 Å². The van der Waals surface area contributed by atoms with Gasteiger partial charge in [0.2, 0.25) is 0 Å². The second kappa shape index (κ2) is 8.30. The minimum atomic E-state index is -4.79. The molecule has 0 radical (unpaired) electrons. The Morgan fingerprint density at radius 2 is 2.03 bits per heavy atom. The summed E-state index contributed by atoms with van der Waals surface area (Å²) in [6.45, 7) is 1.80. The van der Waals surface area contributed by atoms with Gasteiger partial charge in [0, 0.05) is 36.8 Å². The number of benzene rings is 1. The van der Waals surface area contributed by atoms with E-state index >= 15 is 0 Å². The molecule has 0 aliphatic heterocycles. The van der Waals surface area contributed by atoms with Gasteiger partial charge in [-0.1, -0.05) is 12.1 Å². The van der Waals surface area contributed by atoms with Crippen molar-refractivity contribution in [2.75, 3.05) is 7.11 Å². The third kappa shape index (κ3) is 4.01. The van der Waals surface area contributed by atoms with E-state index in [9.17, 15) is 23.1 Å². The number of carbonyl (C=O) groups excluding carboxylic acids is 1. The van der Waals surface area contributed by atoms with E-state index in [1.54, 1.807) is 56.6 Å². The Morgan fingerprint density at radius 1 is 1.27 bits per heavy atom. The van der Waals surface area contributed by atoms with E-state index in [0.29, 0.717) is 28.2 Å². The van der Waals surface area contributed by atoms with E-state index in [-0.39, 0.29) is 6.42 Å². The smallest absolute Gasteiger partial charge is 0.417 e. The average Bonchev–Trinajstić information content (AvgIpc) is 2.99. The third-order valence-electron chi connectivity index (χ3n) is 6.36. The van der Waals surface area contributed by atoms with Crippen molar-refractivity contribution in [1.29, 1.82) is 0 Å². The third-order valence-corrected chi connectivity index (χ3v) is 6.36. The summed E-state index contributed by atoms with van der Waals surface area (Å²) in [6.07, 6.45) is -4.20. The van der Waals surface area contributed by atoms with E-state index in [4.69, 9.17) is 4.74 Å². The normalized spacial score (nSPS) is 20.8. The molecule has 0 fully saturated rings. The zero-order valence-electron chi connectivity index (χ0n) is 18.5. The minimum Gasteiger partial charge on any atom is -0.465 e. The summed E-state index contributed by atoms with van der Waals surface area (Å²) in [5, 5.41) is 15.2. The first-order valence-electron chi connectivity index (χ1n) is 10.5. The largest absolute Gasteiger partial charge is 0.465 e. The molecule has 33 heavy (non-hydrogen) atoms. The monoisotopic (exact) mass is 459 g/mol.